The monoisotopic (exact) mass is 245 g/mol. The first-order chi connectivity index (χ1) is 5.77. The number of hydrogen-bond donors (Lipinski definition) is 1. The normalized spacial score (nSPS) is 19.5. The molecule has 0 unspecified atom stereocenters. The zero-order chi connectivity index (χ0) is 8.55. The van der Waals surface area contributed by atoms with Crippen molar-refractivity contribution in [1.29, 1.82) is 0 Å². The van der Waals surface area contributed by atoms with Gasteiger partial charge in [-0.15, -0.1) is 11.3 Å². The van der Waals surface area contributed by atoms with Crippen molar-refractivity contribution in [2.45, 2.75) is 25.3 Å². The van der Waals surface area contributed by atoms with Gasteiger partial charge in [0.05, 0.1) is 0 Å². The molecular weight excluding hydrogens is 234 g/mol. The van der Waals surface area contributed by atoms with E-state index in [-0.39, 0.29) is 6.04 Å². The van der Waals surface area contributed by atoms with E-state index in [1.807, 2.05) is 0 Å². The number of nitrogens with two attached hydrogens (primary N) is 1. The number of hydrogen-bond acceptors (Lipinski definition) is 2. The van der Waals surface area contributed by atoms with E-state index in [2.05, 4.69) is 27.4 Å². The van der Waals surface area contributed by atoms with E-state index in [9.17, 15) is 0 Å². The smallest absolute Gasteiger partial charge is 0.0403 e. The molecule has 0 radical (unpaired) electrons. The van der Waals surface area contributed by atoms with Crippen LogP contribution in [0.2, 0.25) is 0 Å². The summed E-state index contributed by atoms with van der Waals surface area (Å²) >= 11 is 5.26. The van der Waals surface area contributed by atoms with Crippen molar-refractivity contribution in [3.8, 4) is 0 Å². The van der Waals surface area contributed by atoms with Crippen LogP contribution in [0.5, 0.6) is 0 Å². The van der Waals surface area contributed by atoms with E-state index in [0.29, 0.717) is 0 Å². The van der Waals surface area contributed by atoms with Gasteiger partial charge in [0, 0.05) is 15.4 Å². The highest BCUT2D eigenvalue weighted by atomic mass is 79.9. The van der Waals surface area contributed by atoms with E-state index >= 15 is 0 Å². The summed E-state index contributed by atoms with van der Waals surface area (Å²) < 4.78 is 1.18. The average molecular weight is 246 g/mol. The van der Waals surface area contributed by atoms with Gasteiger partial charge in [0.1, 0.15) is 0 Å². The molecule has 1 aliphatic rings. The third-order valence-electron chi connectivity index (χ3n) is 2.27. The molecule has 3 heteroatoms. The molecule has 0 aromatic carbocycles. The van der Waals surface area contributed by atoms with Gasteiger partial charge >= 0.3 is 0 Å². The van der Waals surface area contributed by atoms with E-state index in [4.69, 9.17) is 5.73 Å². The van der Waals surface area contributed by atoms with Crippen LogP contribution in [0.25, 0.3) is 0 Å². The molecule has 2 N–H and O–H groups in total. The van der Waals surface area contributed by atoms with Crippen molar-refractivity contribution in [2.75, 3.05) is 0 Å². The summed E-state index contributed by atoms with van der Waals surface area (Å²) in [5.74, 6) is 0.911. The SMILES string of the molecule is N[C@H](CC1CC1)c1sccc1Br. The maximum atomic E-state index is 6.06. The molecule has 0 amide bonds. The molecule has 12 heavy (non-hydrogen) atoms. The molecule has 0 aliphatic heterocycles. The first kappa shape index (κ1) is 8.73. The Morgan fingerprint density at radius 1 is 1.67 bits per heavy atom. The summed E-state index contributed by atoms with van der Waals surface area (Å²) in [5.41, 5.74) is 6.06. The molecule has 2 rings (SSSR count). The van der Waals surface area contributed by atoms with Gasteiger partial charge in [0.15, 0.2) is 0 Å². The third-order valence-corrected chi connectivity index (χ3v) is 4.27. The van der Waals surface area contributed by atoms with Gasteiger partial charge in [0.25, 0.3) is 0 Å². The summed E-state index contributed by atoms with van der Waals surface area (Å²) in [6, 6.07) is 2.33. The predicted molar refractivity (Wildman–Crippen MR) is 56.3 cm³/mol. The summed E-state index contributed by atoms with van der Waals surface area (Å²) in [7, 11) is 0. The molecular formula is C9H12BrNS. The molecule has 1 aromatic rings. The van der Waals surface area contributed by atoms with E-state index < -0.39 is 0 Å². The highest BCUT2D eigenvalue weighted by Crippen LogP contribution is 2.39. The van der Waals surface area contributed by atoms with Crippen molar-refractivity contribution >= 4 is 27.3 Å². The highest BCUT2D eigenvalue weighted by Gasteiger charge is 2.25. The molecule has 0 bridgehead atoms. The lowest BCUT2D eigenvalue weighted by Gasteiger charge is -2.08. The summed E-state index contributed by atoms with van der Waals surface area (Å²) in [6.07, 6.45) is 3.94. The Labute approximate surface area is 85.1 Å². The Hall–Kier alpha value is 0.140. The van der Waals surface area contributed by atoms with Gasteiger partial charge in [-0.05, 0) is 39.7 Å². The lowest BCUT2D eigenvalue weighted by Crippen LogP contribution is -2.09. The zero-order valence-electron chi connectivity index (χ0n) is 6.79. The van der Waals surface area contributed by atoms with Crippen LogP contribution in [-0.2, 0) is 0 Å². The van der Waals surface area contributed by atoms with Crippen LogP contribution < -0.4 is 5.73 Å². The van der Waals surface area contributed by atoms with E-state index in [1.54, 1.807) is 11.3 Å². The third kappa shape index (κ3) is 1.90. The lowest BCUT2D eigenvalue weighted by molar-refractivity contribution is 0.603. The van der Waals surface area contributed by atoms with Crippen molar-refractivity contribution in [3.05, 3.63) is 20.8 Å². The predicted octanol–water partition coefficient (Wildman–Crippen LogP) is 3.31. The minimum absolute atomic E-state index is 0.256. The van der Waals surface area contributed by atoms with Crippen molar-refractivity contribution < 1.29 is 0 Å². The second kappa shape index (κ2) is 3.48. The van der Waals surface area contributed by atoms with Crippen LogP contribution >= 0.6 is 27.3 Å². The summed E-state index contributed by atoms with van der Waals surface area (Å²) in [6.45, 7) is 0. The van der Waals surface area contributed by atoms with Crippen LogP contribution in [-0.4, -0.2) is 0 Å². The largest absolute Gasteiger partial charge is 0.323 e. The van der Waals surface area contributed by atoms with E-state index in [0.717, 1.165) is 5.92 Å². The molecule has 0 spiro atoms. The average Bonchev–Trinajstić information content (AvgIpc) is 2.72. The van der Waals surface area contributed by atoms with Gasteiger partial charge in [0.2, 0.25) is 0 Å². The Kier molecular flexibility index (Phi) is 2.53. The molecule has 0 saturated heterocycles. The maximum Gasteiger partial charge on any atom is 0.0403 e. The Balaban J connectivity index is 2.02. The van der Waals surface area contributed by atoms with Crippen LogP contribution in [0.1, 0.15) is 30.2 Å². The number of rotatable bonds is 3. The zero-order valence-corrected chi connectivity index (χ0v) is 9.20. The van der Waals surface area contributed by atoms with Crippen LogP contribution in [0.15, 0.2) is 15.9 Å². The summed E-state index contributed by atoms with van der Waals surface area (Å²) in [4.78, 5) is 1.31. The molecule has 1 nitrogen and oxygen atoms in total. The van der Waals surface area contributed by atoms with Crippen molar-refractivity contribution in [1.82, 2.24) is 0 Å². The number of thiophene rings is 1. The fourth-order valence-electron chi connectivity index (χ4n) is 1.39. The lowest BCUT2D eigenvalue weighted by atomic mass is 10.1. The maximum absolute atomic E-state index is 6.06. The van der Waals surface area contributed by atoms with Crippen molar-refractivity contribution in [3.63, 3.8) is 0 Å². The Morgan fingerprint density at radius 2 is 2.42 bits per heavy atom. The van der Waals surface area contributed by atoms with Gasteiger partial charge < -0.3 is 5.73 Å². The first-order valence-corrected chi connectivity index (χ1v) is 5.93. The Morgan fingerprint density at radius 3 is 2.92 bits per heavy atom. The molecule has 1 atom stereocenters. The quantitative estimate of drug-likeness (QED) is 0.869. The molecule has 66 valence electrons. The van der Waals surface area contributed by atoms with Crippen LogP contribution in [0, 0.1) is 5.92 Å². The van der Waals surface area contributed by atoms with Gasteiger partial charge in [-0.25, -0.2) is 0 Å². The van der Waals surface area contributed by atoms with Crippen LogP contribution in [0.4, 0.5) is 0 Å². The van der Waals surface area contributed by atoms with Gasteiger partial charge in [-0.1, -0.05) is 12.8 Å². The second-order valence-corrected chi connectivity index (χ2v) is 5.22. The molecule has 1 heterocycles. The van der Waals surface area contributed by atoms with Crippen molar-refractivity contribution in [2.24, 2.45) is 11.7 Å². The Bertz CT molecular complexity index is 267. The molecule has 1 fully saturated rings. The molecule has 1 saturated carbocycles. The number of halogens is 1. The second-order valence-electron chi connectivity index (χ2n) is 3.42. The minimum Gasteiger partial charge on any atom is -0.323 e. The van der Waals surface area contributed by atoms with Gasteiger partial charge in [-0.2, -0.15) is 0 Å². The first-order valence-electron chi connectivity index (χ1n) is 4.26. The van der Waals surface area contributed by atoms with Crippen LogP contribution in [0.3, 0.4) is 0 Å². The highest BCUT2D eigenvalue weighted by molar-refractivity contribution is 9.10. The standard InChI is InChI=1S/C9H12BrNS/c10-7-3-4-12-9(7)8(11)5-6-1-2-6/h3-4,6,8H,1-2,5,11H2/t8-/m1/s1. The fraction of sp³-hybridized carbons (Fsp3) is 0.556. The topological polar surface area (TPSA) is 26.0 Å². The fourth-order valence-corrected chi connectivity index (χ4v) is 3.07. The van der Waals surface area contributed by atoms with Gasteiger partial charge in [-0.3, -0.25) is 0 Å². The summed E-state index contributed by atoms with van der Waals surface area (Å²) in [5, 5.41) is 2.09. The minimum atomic E-state index is 0.256. The van der Waals surface area contributed by atoms with E-state index in [1.165, 1.54) is 28.6 Å². The molecule has 1 aromatic heterocycles. The molecule has 1 aliphatic carbocycles.